The maximum absolute atomic E-state index is 10.2. The van der Waals surface area contributed by atoms with Crippen LogP contribution in [0.25, 0.3) is 0 Å². The van der Waals surface area contributed by atoms with E-state index in [9.17, 15) is 35.7 Å². The van der Waals surface area contributed by atoms with Crippen molar-refractivity contribution in [2.75, 3.05) is 0 Å². The van der Waals surface area contributed by atoms with E-state index in [-0.39, 0.29) is 23.5 Å². The first-order chi connectivity index (χ1) is 10.8. The van der Waals surface area contributed by atoms with Crippen LogP contribution in [0.15, 0.2) is 18.2 Å². The Morgan fingerprint density at radius 2 is 1.48 bits per heavy atom. The first-order valence-electron chi connectivity index (χ1n) is 6.66. The second-order valence-corrected chi connectivity index (χ2v) is 5.26. The molecule has 8 heteroatoms. The molecule has 0 saturated heterocycles. The maximum Gasteiger partial charge on any atom is 0.208 e. The second kappa shape index (κ2) is 5.03. The largest absolute Gasteiger partial charge is 0.504 e. The molecule has 1 aliphatic heterocycles. The highest BCUT2D eigenvalue weighted by Gasteiger charge is 2.36. The normalized spacial score (nSPS) is 19.9. The zero-order chi connectivity index (χ0) is 16.9. The van der Waals surface area contributed by atoms with Crippen molar-refractivity contribution in [2.24, 2.45) is 0 Å². The number of rotatable bonds is 1. The van der Waals surface area contributed by atoms with Crippen LogP contribution in [-0.2, 0) is 6.42 Å². The fourth-order valence-corrected chi connectivity index (χ4v) is 2.57. The van der Waals surface area contributed by atoms with Crippen molar-refractivity contribution < 1.29 is 40.5 Å². The number of aliphatic hydroxyl groups excluding tert-OH is 1. The average molecular weight is 322 g/mol. The topological polar surface area (TPSA) is 151 Å². The summed E-state index contributed by atoms with van der Waals surface area (Å²) < 4.78 is 5.45. The van der Waals surface area contributed by atoms with Gasteiger partial charge in [-0.15, -0.1) is 0 Å². The Kier molecular flexibility index (Phi) is 3.26. The van der Waals surface area contributed by atoms with E-state index < -0.39 is 41.0 Å². The van der Waals surface area contributed by atoms with E-state index in [0.29, 0.717) is 5.56 Å². The molecule has 0 saturated carbocycles. The van der Waals surface area contributed by atoms with Gasteiger partial charge in [-0.1, -0.05) is 6.07 Å². The van der Waals surface area contributed by atoms with E-state index in [1.54, 1.807) is 0 Å². The molecule has 23 heavy (non-hydrogen) atoms. The standard InChI is InChI=1S/C15H14O8/c16-7-2-1-5(3-8(7)17)14-9(18)4-6-10(19)11(20)12(21)13(22)15(6)23-14/h1-3,9,14,16-22H,4H2/t9-,14+/m1/s1. The molecular weight excluding hydrogens is 308 g/mol. The molecule has 0 fully saturated rings. The van der Waals surface area contributed by atoms with E-state index in [2.05, 4.69) is 0 Å². The molecule has 0 amide bonds. The molecule has 122 valence electrons. The summed E-state index contributed by atoms with van der Waals surface area (Å²) in [6.07, 6.45) is -2.36. The van der Waals surface area contributed by atoms with Crippen LogP contribution in [0.3, 0.4) is 0 Å². The number of ether oxygens (including phenoxy) is 1. The molecule has 7 N–H and O–H groups in total. The quantitative estimate of drug-likeness (QED) is 0.303. The summed E-state index contributed by atoms with van der Waals surface area (Å²) in [6.45, 7) is 0. The minimum Gasteiger partial charge on any atom is -0.504 e. The van der Waals surface area contributed by atoms with E-state index in [1.165, 1.54) is 18.2 Å². The molecule has 0 bridgehead atoms. The first kappa shape index (κ1) is 14.9. The van der Waals surface area contributed by atoms with E-state index in [0.717, 1.165) is 0 Å². The lowest BCUT2D eigenvalue weighted by Crippen LogP contribution is -2.30. The first-order valence-corrected chi connectivity index (χ1v) is 6.66. The van der Waals surface area contributed by atoms with Gasteiger partial charge in [-0.05, 0) is 17.7 Å². The molecule has 8 nitrogen and oxygen atoms in total. The van der Waals surface area contributed by atoms with Crippen molar-refractivity contribution in [1.29, 1.82) is 0 Å². The van der Waals surface area contributed by atoms with Crippen LogP contribution in [0, 0.1) is 0 Å². The summed E-state index contributed by atoms with van der Waals surface area (Å²) in [5.74, 6) is -4.34. The third-order valence-corrected chi connectivity index (χ3v) is 3.78. The Morgan fingerprint density at radius 3 is 2.13 bits per heavy atom. The third kappa shape index (κ3) is 2.20. The molecule has 0 aliphatic carbocycles. The molecule has 3 rings (SSSR count). The summed E-state index contributed by atoms with van der Waals surface area (Å²) in [5, 5.41) is 67.9. The molecule has 0 spiro atoms. The summed E-state index contributed by atoms with van der Waals surface area (Å²) in [7, 11) is 0. The molecule has 0 aromatic heterocycles. The van der Waals surface area contributed by atoms with Crippen LogP contribution in [0.2, 0.25) is 0 Å². The van der Waals surface area contributed by atoms with E-state index in [4.69, 9.17) is 4.74 Å². The van der Waals surface area contributed by atoms with Gasteiger partial charge in [0.25, 0.3) is 0 Å². The molecule has 2 atom stereocenters. The lowest BCUT2D eigenvalue weighted by Gasteiger charge is -2.32. The molecule has 0 radical (unpaired) electrons. The number of fused-ring (bicyclic) bond motifs is 1. The van der Waals surface area contributed by atoms with Crippen LogP contribution in [0.1, 0.15) is 17.2 Å². The Labute approximate surface area is 129 Å². The summed E-state index contributed by atoms with van der Waals surface area (Å²) >= 11 is 0. The predicted molar refractivity (Wildman–Crippen MR) is 76.0 cm³/mol. The van der Waals surface area contributed by atoms with Gasteiger partial charge in [-0.3, -0.25) is 0 Å². The summed E-state index contributed by atoms with van der Waals surface area (Å²) in [5.41, 5.74) is 0.259. The molecule has 1 aliphatic rings. The highest BCUT2D eigenvalue weighted by atomic mass is 16.5. The van der Waals surface area contributed by atoms with Crippen molar-refractivity contribution in [3.05, 3.63) is 29.3 Å². The fourth-order valence-electron chi connectivity index (χ4n) is 2.57. The summed E-state index contributed by atoms with van der Waals surface area (Å²) in [4.78, 5) is 0. The number of hydrogen-bond donors (Lipinski definition) is 7. The fraction of sp³-hybridized carbons (Fsp3) is 0.200. The van der Waals surface area contributed by atoms with Gasteiger partial charge >= 0.3 is 0 Å². The lowest BCUT2D eigenvalue weighted by atomic mass is 9.93. The van der Waals surface area contributed by atoms with Gasteiger partial charge in [0, 0.05) is 12.0 Å². The highest BCUT2D eigenvalue weighted by molar-refractivity contribution is 5.68. The lowest BCUT2D eigenvalue weighted by molar-refractivity contribution is 0.0175. The van der Waals surface area contributed by atoms with Gasteiger partial charge < -0.3 is 40.5 Å². The average Bonchev–Trinajstić information content (AvgIpc) is 2.53. The summed E-state index contributed by atoms with van der Waals surface area (Å²) in [6, 6.07) is 3.80. The van der Waals surface area contributed by atoms with Gasteiger partial charge in [-0.25, -0.2) is 0 Å². The number of aliphatic hydroxyl groups is 1. The van der Waals surface area contributed by atoms with Gasteiger partial charge in [0.05, 0.1) is 6.10 Å². The Hall–Kier alpha value is -3.00. The predicted octanol–water partition coefficient (Wildman–Crippen LogP) is 0.957. The maximum atomic E-state index is 10.2. The minimum absolute atomic E-state index is 0.0513. The minimum atomic E-state index is -1.17. The highest BCUT2D eigenvalue weighted by Crippen LogP contribution is 2.54. The van der Waals surface area contributed by atoms with Crippen LogP contribution in [0.5, 0.6) is 40.2 Å². The van der Waals surface area contributed by atoms with Crippen molar-refractivity contribution in [1.82, 2.24) is 0 Å². The van der Waals surface area contributed by atoms with Crippen LogP contribution < -0.4 is 4.74 Å². The van der Waals surface area contributed by atoms with Crippen molar-refractivity contribution >= 4 is 0 Å². The Morgan fingerprint density at radius 1 is 0.826 bits per heavy atom. The number of phenolic OH excluding ortho intramolecular Hbond substituents is 6. The van der Waals surface area contributed by atoms with E-state index in [1.807, 2.05) is 0 Å². The van der Waals surface area contributed by atoms with Crippen molar-refractivity contribution in [2.45, 2.75) is 18.6 Å². The van der Waals surface area contributed by atoms with E-state index >= 15 is 0 Å². The number of phenols is 6. The van der Waals surface area contributed by atoms with Crippen molar-refractivity contribution in [3.63, 3.8) is 0 Å². The SMILES string of the molecule is Oc1ccc([C@@H]2Oc3c(O)c(O)c(O)c(O)c3C[C@H]2O)cc1O. The second-order valence-electron chi connectivity index (χ2n) is 5.26. The zero-order valence-corrected chi connectivity index (χ0v) is 11.6. The molecule has 1 heterocycles. The third-order valence-electron chi connectivity index (χ3n) is 3.78. The molecular formula is C15H14O8. The number of benzene rings is 2. The zero-order valence-electron chi connectivity index (χ0n) is 11.6. The van der Waals surface area contributed by atoms with Crippen LogP contribution in [-0.4, -0.2) is 41.8 Å². The number of hydrogen-bond acceptors (Lipinski definition) is 8. The molecule has 2 aromatic carbocycles. The number of aromatic hydroxyl groups is 6. The van der Waals surface area contributed by atoms with Gasteiger partial charge in [-0.2, -0.15) is 0 Å². The van der Waals surface area contributed by atoms with Crippen LogP contribution in [0.4, 0.5) is 0 Å². The van der Waals surface area contributed by atoms with Crippen molar-refractivity contribution in [3.8, 4) is 40.2 Å². The Balaban J connectivity index is 2.08. The van der Waals surface area contributed by atoms with Crippen LogP contribution >= 0.6 is 0 Å². The van der Waals surface area contributed by atoms with Gasteiger partial charge in [0.1, 0.15) is 0 Å². The monoisotopic (exact) mass is 322 g/mol. The van der Waals surface area contributed by atoms with Gasteiger partial charge in [0.15, 0.2) is 29.1 Å². The Bertz CT molecular complexity index is 786. The van der Waals surface area contributed by atoms with Gasteiger partial charge in [0.2, 0.25) is 17.2 Å². The molecule has 2 aromatic rings. The smallest absolute Gasteiger partial charge is 0.208 e. The molecule has 0 unspecified atom stereocenters.